The van der Waals surface area contributed by atoms with E-state index in [0.717, 1.165) is 40.7 Å². The van der Waals surface area contributed by atoms with Crippen molar-refractivity contribution in [2.75, 3.05) is 6.26 Å². The lowest BCUT2D eigenvalue weighted by atomic mass is 9.72. The fourth-order valence-corrected chi connectivity index (χ4v) is 4.20. The maximum Gasteiger partial charge on any atom is 0.231 e. The van der Waals surface area contributed by atoms with Gasteiger partial charge in [-0.3, -0.25) is 0 Å². The SMILES string of the molecule is CSc1ncc2c(-c3ccccc3)c(-c3ccc(C4(N)CCC4)cc3)oc2n1. The summed E-state index contributed by atoms with van der Waals surface area (Å²) in [4.78, 5) is 9.03. The lowest BCUT2D eigenvalue weighted by Gasteiger charge is -2.38. The molecule has 1 fully saturated rings. The lowest BCUT2D eigenvalue weighted by Crippen LogP contribution is -2.43. The first-order valence-corrected chi connectivity index (χ1v) is 10.7. The maximum absolute atomic E-state index is 6.48. The number of hydrogen-bond donors (Lipinski definition) is 1. The van der Waals surface area contributed by atoms with Gasteiger partial charge >= 0.3 is 0 Å². The molecule has 5 rings (SSSR count). The van der Waals surface area contributed by atoms with Gasteiger partial charge in [0.25, 0.3) is 0 Å². The van der Waals surface area contributed by atoms with Crippen LogP contribution >= 0.6 is 11.8 Å². The summed E-state index contributed by atoms with van der Waals surface area (Å²) in [6, 6.07) is 18.7. The minimum absolute atomic E-state index is 0.159. The summed E-state index contributed by atoms with van der Waals surface area (Å²) in [6.07, 6.45) is 7.14. The van der Waals surface area contributed by atoms with E-state index < -0.39 is 0 Å². The van der Waals surface area contributed by atoms with Crippen LogP contribution < -0.4 is 5.73 Å². The maximum atomic E-state index is 6.48. The Balaban J connectivity index is 1.67. The standard InChI is InChI=1S/C23H21N3OS/c1-28-22-25-14-18-19(15-6-3-2-4-7-15)20(27-21(18)26-22)16-8-10-17(11-9-16)23(24)12-5-13-23/h2-4,6-11,14H,5,12-13,24H2,1H3. The summed E-state index contributed by atoms with van der Waals surface area (Å²) in [7, 11) is 0. The molecule has 2 aromatic carbocycles. The first-order valence-electron chi connectivity index (χ1n) is 9.47. The van der Waals surface area contributed by atoms with Crippen LogP contribution in [-0.4, -0.2) is 16.2 Å². The van der Waals surface area contributed by atoms with E-state index in [4.69, 9.17) is 10.2 Å². The summed E-state index contributed by atoms with van der Waals surface area (Å²) in [5, 5.41) is 1.63. The molecule has 2 aromatic heterocycles. The van der Waals surface area contributed by atoms with Gasteiger partial charge in [0.15, 0.2) is 5.16 Å². The number of furan rings is 1. The van der Waals surface area contributed by atoms with Crippen LogP contribution in [0.1, 0.15) is 24.8 Å². The van der Waals surface area contributed by atoms with Crippen LogP contribution in [0.4, 0.5) is 0 Å². The van der Waals surface area contributed by atoms with Gasteiger partial charge in [-0.1, -0.05) is 66.4 Å². The Morgan fingerprint density at radius 1 is 1.00 bits per heavy atom. The van der Waals surface area contributed by atoms with Gasteiger partial charge in [0.1, 0.15) is 5.76 Å². The largest absolute Gasteiger partial charge is 0.437 e. The van der Waals surface area contributed by atoms with Crippen molar-refractivity contribution in [2.24, 2.45) is 5.73 Å². The molecule has 28 heavy (non-hydrogen) atoms. The van der Waals surface area contributed by atoms with Gasteiger partial charge in [-0.2, -0.15) is 4.98 Å². The number of nitrogens with two attached hydrogens (primary N) is 1. The molecule has 140 valence electrons. The third kappa shape index (κ3) is 2.82. The van der Waals surface area contributed by atoms with Crippen molar-refractivity contribution in [1.29, 1.82) is 0 Å². The lowest BCUT2D eigenvalue weighted by molar-refractivity contribution is 0.253. The topological polar surface area (TPSA) is 64.9 Å². The van der Waals surface area contributed by atoms with Gasteiger partial charge in [-0.25, -0.2) is 4.98 Å². The molecule has 0 atom stereocenters. The number of hydrogen-bond acceptors (Lipinski definition) is 5. The summed E-state index contributed by atoms with van der Waals surface area (Å²) in [5.41, 5.74) is 11.3. The van der Waals surface area contributed by atoms with Crippen LogP contribution in [0.5, 0.6) is 0 Å². The Kier molecular flexibility index (Phi) is 4.22. The second-order valence-corrected chi connectivity index (χ2v) is 8.11. The van der Waals surface area contributed by atoms with Crippen LogP contribution in [0.3, 0.4) is 0 Å². The third-order valence-electron chi connectivity index (χ3n) is 5.64. The second kappa shape index (κ2) is 6.76. The highest BCUT2D eigenvalue weighted by molar-refractivity contribution is 7.98. The van der Waals surface area contributed by atoms with Crippen molar-refractivity contribution >= 4 is 22.9 Å². The molecule has 2 N–H and O–H groups in total. The van der Waals surface area contributed by atoms with Crippen LogP contribution in [0.25, 0.3) is 33.6 Å². The van der Waals surface area contributed by atoms with Crippen LogP contribution in [-0.2, 0) is 5.54 Å². The number of nitrogens with zero attached hydrogens (tertiary/aromatic N) is 2. The smallest absolute Gasteiger partial charge is 0.231 e. The highest BCUT2D eigenvalue weighted by Gasteiger charge is 2.34. The van der Waals surface area contributed by atoms with E-state index in [1.165, 1.54) is 23.7 Å². The molecule has 2 heterocycles. The van der Waals surface area contributed by atoms with Crippen molar-refractivity contribution in [1.82, 2.24) is 9.97 Å². The zero-order valence-corrected chi connectivity index (χ0v) is 16.5. The second-order valence-electron chi connectivity index (χ2n) is 7.33. The third-order valence-corrected chi connectivity index (χ3v) is 6.20. The Labute approximate surface area is 168 Å². The highest BCUT2D eigenvalue weighted by atomic mass is 32.2. The van der Waals surface area contributed by atoms with Gasteiger partial charge in [0.05, 0.1) is 5.39 Å². The molecule has 0 saturated heterocycles. The van der Waals surface area contributed by atoms with E-state index in [2.05, 4.69) is 46.4 Å². The monoisotopic (exact) mass is 387 g/mol. The van der Waals surface area contributed by atoms with Crippen molar-refractivity contribution in [3.05, 3.63) is 66.4 Å². The van der Waals surface area contributed by atoms with Crippen LogP contribution in [0, 0.1) is 0 Å². The van der Waals surface area contributed by atoms with Crippen molar-refractivity contribution in [3.8, 4) is 22.5 Å². The average molecular weight is 388 g/mol. The minimum atomic E-state index is -0.159. The molecule has 1 saturated carbocycles. The summed E-state index contributed by atoms with van der Waals surface area (Å²) >= 11 is 1.51. The molecule has 5 heteroatoms. The molecule has 1 aliphatic carbocycles. The normalized spacial score (nSPS) is 15.5. The van der Waals surface area contributed by atoms with E-state index in [0.29, 0.717) is 10.9 Å². The van der Waals surface area contributed by atoms with E-state index >= 15 is 0 Å². The minimum Gasteiger partial charge on any atom is -0.437 e. The molecule has 0 spiro atoms. The first kappa shape index (κ1) is 17.5. The Morgan fingerprint density at radius 2 is 1.75 bits per heavy atom. The average Bonchev–Trinajstić information content (AvgIpc) is 3.11. The summed E-state index contributed by atoms with van der Waals surface area (Å²) in [6.45, 7) is 0. The summed E-state index contributed by atoms with van der Waals surface area (Å²) < 4.78 is 6.25. The van der Waals surface area contributed by atoms with Gasteiger partial charge < -0.3 is 10.2 Å². The number of thioether (sulfide) groups is 1. The van der Waals surface area contributed by atoms with Gasteiger partial charge in [-0.15, -0.1) is 0 Å². The van der Waals surface area contributed by atoms with E-state index in [1.54, 1.807) is 0 Å². The van der Waals surface area contributed by atoms with Crippen molar-refractivity contribution in [3.63, 3.8) is 0 Å². The zero-order chi connectivity index (χ0) is 19.1. The van der Waals surface area contributed by atoms with E-state index in [1.807, 2.05) is 30.7 Å². The number of fused-ring (bicyclic) bond motifs is 1. The van der Waals surface area contributed by atoms with Gasteiger partial charge in [-0.05, 0) is 36.6 Å². The molecule has 0 bridgehead atoms. The van der Waals surface area contributed by atoms with E-state index in [9.17, 15) is 0 Å². The fraction of sp³-hybridized carbons (Fsp3) is 0.217. The molecule has 4 nitrogen and oxygen atoms in total. The zero-order valence-electron chi connectivity index (χ0n) is 15.7. The predicted molar refractivity (Wildman–Crippen MR) is 114 cm³/mol. The van der Waals surface area contributed by atoms with E-state index in [-0.39, 0.29) is 5.54 Å². The highest BCUT2D eigenvalue weighted by Crippen LogP contribution is 2.42. The molecule has 0 aliphatic heterocycles. The number of aromatic nitrogens is 2. The number of rotatable bonds is 4. The molecule has 0 unspecified atom stereocenters. The molecule has 1 aliphatic rings. The summed E-state index contributed by atoms with van der Waals surface area (Å²) in [5.74, 6) is 0.819. The quantitative estimate of drug-likeness (QED) is 0.364. The molecule has 0 radical (unpaired) electrons. The fourth-order valence-electron chi connectivity index (χ4n) is 3.86. The molecule has 4 aromatic rings. The van der Waals surface area contributed by atoms with Crippen LogP contribution in [0.15, 0.2) is 70.4 Å². The number of benzene rings is 2. The predicted octanol–water partition coefficient (Wildman–Crippen LogP) is 5.62. The Bertz CT molecular complexity index is 1130. The molecular weight excluding hydrogens is 366 g/mol. The van der Waals surface area contributed by atoms with Crippen molar-refractivity contribution in [2.45, 2.75) is 30.0 Å². The Morgan fingerprint density at radius 3 is 2.39 bits per heavy atom. The van der Waals surface area contributed by atoms with Crippen molar-refractivity contribution < 1.29 is 4.42 Å². The van der Waals surface area contributed by atoms with Crippen LogP contribution in [0.2, 0.25) is 0 Å². The molecule has 0 amide bonds. The Hall–Kier alpha value is -2.63. The molecular formula is C23H21N3OS. The van der Waals surface area contributed by atoms with Gasteiger partial charge in [0, 0.05) is 22.9 Å². The first-order chi connectivity index (χ1) is 13.7. The van der Waals surface area contributed by atoms with Gasteiger partial charge in [0.2, 0.25) is 5.71 Å².